The Morgan fingerprint density at radius 1 is 1.16 bits per heavy atom. The number of aromatic nitrogens is 2. The highest BCUT2D eigenvalue weighted by molar-refractivity contribution is 5.36. The van der Waals surface area contributed by atoms with Crippen LogP contribution >= 0.6 is 0 Å². The predicted octanol–water partition coefficient (Wildman–Crippen LogP) is 2.65. The molecule has 0 saturated heterocycles. The first-order chi connectivity index (χ1) is 9.27. The quantitative estimate of drug-likeness (QED) is 0.635. The van der Waals surface area contributed by atoms with Gasteiger partial charge in [-0.1, -0.05) is 25.7 Å². The first kappa shape index (κ1) is 14.2. The second-order valence-electron chi connectivity index (χ2n) is 5.19. The van der Waals surface area contributed by atoms with Crippen molar-refractivity contribution in [2.75, 3.05) is 18.4 Å². The summed E-state index contributed by atoms with van der Waals surface area (Å²) in [4.78, 5) is 7.72. The molecule has 1 aliphatic rings. The molecule has 0 unspecified atom stereocenters. The van der Waals surface area contributed by atoms with Gasteiger partial charge in [0, 0.05) is 19.1 Å². The van der Waals surface area contributed by atoms with Gasteiger partial charge in [0.1, 0.15) is 6.33 Å². The largest absolute Gasteiger partial charge is 0.366 e. The van der Waals surface area contributed by atoms with E-state index in [0.29, 0.717) is 24.1 Å². The summed E-state index contributed by atoms with van der Waals surface area (Å²) in [5.74, 6) is -0.0490. The zero-order chi connectivity index (χ0) is 13.5. The Kier molecular flexibility index (Phi) is 5.51. The number of rotatable bonds is 5. The van der Waals surface area contributed by atoms with E-state index in [0.717, 1.165) is 6.54 Å². The van der Waals surface area contributed by atoms with Crippen LogP contribution in [-0.4, -0.2) is 29.1 Å². The van der Waals surface area contributed by atoms with E-state index in [1.54, 1.807) is 6.92 Å². The average molecular weight is 266 g/mol. The molecule has 106 valence electrons. The van der Waals surface area contributed by atoms with E-state index < -0.39 is 0 Å². The minimum absolute atomic E-state index is 0.301. The third-order valence-electron chi connectivity index (χ3n) is 3.67. The summed E-state index contributed by atoms with van der Waals surface area (Å²) in [7, 11) is 0. The molecule has 19 heavy (non-hydrogen) atoms. The highest BCUT2D eigenvalue weighted by Gasteiger charge is 2.11. The molecule has 2 N–H and O–H groups in total. The molecule has 0 radical (unpaired) electrons. The Morgan fingerprint density at radius 2 is 1.89 bits per heavy atom. The minimum Gasteiger partial charge on any atom is -0.366 e. The maximum Gasteiger partial charge on any atom is 0.186 e. The summed E-state index contributed by atoms with van der Waals surface area (Å²) in [6.45, 7) is 3.17. The lowest BCUT2D eigenvalue weighted by atomic mass is 10.1. The minimum atomic E-state index is -0.350. The van der Waals surface area contributed by atoms with Gasteiger partial charge < -0.3 is 10.6 Å². The van der Waals surface area contributed by atoms with E-state index in [1.165, 1.54) is 44.9 Å². The SMILES string of the molecule is Cc1ncnc(NCCNC2CCCCCC2)c1F. The zero-order valence-corrected chi connectivity index (χ0v) is 11.6. The third kappa shape index (κ3) is 4.42. The lowest BCUT2D eigenvalue weighted by Crippen LogP contribution is -2.32. The highest BCUT2D eigenvalue weighted by Crippen LogP contribution is 2.17. The molecule has 0 aliphatic heterocycles. The van der Waals surface area contributed by atoms with Crippen molar-refractivity contribution in [3.63, 3.8) is 0 Å². The van der Waals surface area contributed by atoms with E-state index >= 15 is 0 Å². The highest BCUT2D eigenvalue weighted by atomic mass is 19.1. The van der Waals surface area contributed by atoms with Crippen LogP contribution < -0.4 is 10.6 Å². The van der Waals surface area contributed by atoms with E-state index in [2.05, 4.69) is 20.6 Å². The molecule has 0 amide bonds. The Bertz CT molecular complexity index is 389. The van der Waals surface area contributed by atoms with Crippen LogP contribution in [0.5, 0.6) is 0 Å². The lowest BCUT2D eigenvalue weighted by molar-refractivity contribution is 0.468. The third-order valence-corrected chi connectivity index (χ3v) is 3.67. The first-order valence-corrected chi connectivity index (χ1v) is 7.21. The van der Waals surface area contributed by atoms with Crippen molar-refractivity contribution in [1.82, 2.24) is 15.3 Å². The lowest BCUT2D eigenvalue weighted by Gasteiger charge is -2.16. The number of hydrogen-bond donors (Lipinski definition) is 2. The molecule has 1 aliphatic carbocycles. The van der Waals surface area contributed by atoms with Gasteiger partial charge >= 0.3 is 0 Å². The van der Waals surface area contributed by atoms with Crippen molar-refractivity contribution >= 4 is 5.82 Å². The molecule has 1 fully saturated rings. The van der Waals surface area contributed by atoms with Crippen molar-refractivity contribution < 1.29 is 4.39 Å². The summed E-state index contributed by atoms with van der Waals surface area (Å²) < 4.78 is 13.6. The zero-order valence-electron chi connectivity index (χ0n) is 11.6. The van der Waals surface area contributed by atoms with Gasteiger partial charge in [-0.15, -0.1) is 0 Å². The van der Waals surface area contributed by atoms with E-state index in [-0.39, 0.29) is 5.82 Å². The number of nitrogens with one attached hydrogen (secondary N) is 2. The fraction of sp³-hybridized carbons (Fsp3) is 0.714. The van der Waals surface area contributed by atoms with Crippen molar-refractivity contribution in [3.8, 4) is 0 Å². The van der Waals surface area contributed by atoms with Crippen LogP contribution in [0.4, 0.5) is 10.2 Å². The van der Waals surface area contributed by atoms with Gasteiger partial charge in [-0.05, 0) is 19.8 Å². The number of nitrogens with zero attached hydrogens (tertiary/aromatic N) is 2. The topological polar surface area (TPSA) is 49.8 Å². The number of hydrogen-bond acceptors (Lipinski definition) is 4. The Morgan fingerprint density at radius 3 is 2.63 bits per heavy atom. The molecule has 4 nitrogen and oxygen atoms in total. The molecule has 2 rings (SSSR count). The molecule has 0 spiro atoms. The Labute approximate surface area is 114 Å². The summed E-state index contributed by atoms with van der Waals surface area (Å²) >= 11 is 0. The number of halogens is 1. The molecule has 0 bridgehead atoms. The standard InChI is InChI=1S/C14H23FN4/c1-11-13(15)14(19-10-18-11)17-9-8-16-12-6-4-2-3-5-7-12/h10,12,16H,2-9H2,1H3,(H,17,18,19). The molecule has 0 aromatic carbocycles. The maximum atomic E-state index is 13.6. The van der Waals surface area contributed by atoms with Gasteiger partial charge in [-0.2, -0.15) is 0 Å². The molecule has 5 heteroatoms. The van der Waals surface area contributed by atoms with Crippen molar-refractivity contribution in [3.05, 3.63) is 17.8 Å². The van der Waals surface area contributed by atoms with Gasteiger partial charge in [-0.3, -0.25) is 0 Å². The number of anilines is 1. The van der Waals surface area contributed by atoms with Crippen molar-refractivity contribution in [2.45, 2.75) is 51.5 Å². The van der Waals surface area contributed by atoms with Crippen LogP contribution in [-0.2, 0) is 0 Å². The summed E-state index contributed by atoms with van der Waals surface area (Å²) in [5, 5.41) is 6.56. The molecular weight excluding hydrogens is 243 g/mol. The van der Waals surface area contributed by atoms with Crippen molar-refractivity contribution in [2.24, 2.45) is 0 Å². The fourth-order valence-corrected chi connectivity index (χ4v) is 2.52. The smallest absolute Gasteiger partial charge is 0.186 e. The van der Waals surface area contributed by atoms with Crippen LogP contribution in [0.1, 0.15) is 44.2 Å². The van der Waals surface area contributed by atoms with E-state index in [4.69, 9.17) is 0 Å². The van der Waals surface area contributed by atoms with Gasteiger partial charge in [0.15, 0.2) is 11.6 Å². The molecule has 1 saturated carbocycles. The Hall–Kier alpha value is -1.23. The molecule has 1 aromatic heterocycles. The average Bonchev–Trinajstić information content (AvgIpc) is 2.68. The Balaban J connectivity index is 1.70. The van der Waals surface area contributed by atoms with E-state index in [1.807, 2.05) is 0 Å². The van der Waals surface area contributed by atoms with Gasteiger partial charge in [0.25, 0.3) is 0 Å². The molecule has 1 aromatic rings. The maximum absolute atomic E-state index is 13.6. The van der Waals surface area contributed by atoms with Gasteiger partial charge in [-0.25, -0.2) is 14.4 Å². The first-order valence-electron chi connectivity index (χ1n) is 7.21. The monoisotopic (exact) mass is 266 g/mol. The van der Waals surface area contributed by atoms with Crippen molar-refractivity contribution in [1.29, 1.82) is 0 Å². The fourth-order valence-electron chi connectivity index (χ4n) is 2.52. The van der Waals surface area contributed by atoms with E-state index in [9.17, 15) is 4.39 Å². The predicted molar refractivity (Wildman–Crippen MR) is 74.7 cm³/mol. The summed E-state index contributed by atoms with van der Waals surface area (Å²) in [6, 6.07) is 0.626. The van der Waals surface area contributed by atoms with Gasteiger partial charge in [0.2, 0.25) is 0 Å². The van der Waals surface area contributed by atoms with Gasteiger partial charge in [0.05, 0.1) is 5.69 Å². The second-order valence-corrected chi connectivity index (χ2v) is 5.19. The van der Waals surface area contributed by atoms with Crippen LogP contribution in [0.3, 0.4) is 0 Å². The number of aryl methyl sites for hydroxylation is 1. The second kappa shape index (κ2) is 7.38. The molecule has 1 heterocycles. The normalized spacial score (nSPS) is 17.2. The van der Waals surface area contributed by atoms with Crippen LogP contribution in [0, 0.1) is 12.7 Å². The van der Waals surface area contributed by atoms with Crippen LogP contribution in [0.15, 0.2) is 6.33 Å². The van der Waals surface area contributed by atoms with Crippen LogP contribution in [0.25, 0.3) is 0 Å². The molecular formula is C14H23FN4. The summed E-state index contributed by atoms with van der Waals surface area (Å²) in [6.07, 6.45) is 9.29. The molecule has 0 atom stereocenters. The van der Waals surface area contributed by atoms with Crippen LogP contribution in [0.2, 0.25) is 0 Å². The summed E-state index contributed by atoms with van der Waals surface area (Å²) in [5.41, 5.74) is 0.384.